The van der Waals surface area contributed by atoms with Gasteiger partial charge in [0.05, 0.1) is 31.7 Å². The lowest BCUT2D eigenvalue weighted by Crippen LogP contribution is -2.36. The van der Waals surface area contributed by atoms with Crippen molar-refractivity contribution in [2.45, 2.75) is 0 Å². The van der Waals surface area contributed by atoms with Crippen LogP contribution in [0.5, 0.6) is 5.75 Å². The Morgan fingerprint density at radius 1 is 1.31 bits per heavy atom. The largest absolute Gasteiger partial charge is 0.494 e. The van der Waals surface area contributed by atoms with Crippen LogP contribution in [0, 0.1) is 17.1 Å². The molecular formula is C21H19ClFN3O3. The molecule has 150 valence electrons. The van der Waals surface area contributed by atoms with Crippen molar-refractivity contribution in [1.29, 1.82) is 5.26 Å². The molecule has 1 amide bonds. The van der Waals surface area contributed by atoms with Crippen LogP contribution >= 0.6 is 11.6 Å². The minimum absolute atomic E-state index is 0.0826. The van der Waals surface area contributed by atoms with E-state index >= 15 is 0 Å². The summed E-state index contributed by atoms with van der Waals surface area (Å²) in [5, 5.41) is 12.6. The number of halogens is 2. The fourth-order valence-corrected chi connectivity index (χ4v) is 3.14. The zero-order valence-electron chi connectivity index (χ0n) is 15.7. The van der Waals surface area contributed by atoms with Gasteiger partial charge in [-0.15, -0.1) is 0 Å². The number of ether oxygens (including phenoxy) is 2. The number of carbonyl (C=O) groups is 1. The summed E-state index contributed by atoms with van der Waals surface area (Å²) in [5.74, 6) is -1.11. The third-order valence-electron chi connectivity index (χ3n) is 4.41. The first kappa shape index (κ1) is 20.6. The van der Waals surface area contributed by atoms with Crippen molar-refractivity contribution >= 4 is 35.0 Å². The molecule has 3 rings (SSSR count). The van der Waals surface area contributed by atoms with Gasteiger partial charge in [0, 0.05) is 18.1 Å². The number of methoxy groups -OCH3 is 1. The van der Waals surface area contributed by atoms with Gasteiger partial charge in [0.2, 0.25) is 0 Å². The number of anilines is 2. The summed E-state index contributed by atoms with van der Waals surface area (Å²) in [6.07, 6.45) is 1.32. The summed E-state index contributed by atoms with van der Waals surface area (Å²) in [6.45, 7) is 2.53. The second-order valence-electron chi connectivity index (χ2n) is 6.28. The zero-order valence-corrected chi connectivity index (χ0v) is 16.5. The first-order chi connectivity index (χ1) is 14.0. The molecule has 1 N–H and O–H groups in total. The van der Waals surface area contributed by atoms with Crippen LogP contribution < -0.4 is 15.0 Å². The van der Waals surface area contributed by atoms with E-state index in [-0.39, 0.29) is 11.3 Å². The minimum Gasteiger partial charge on any atom is -0.494 e. The maximum Gasteiger partial charge on any atom is 0.266 e. The summed E-state index contributed by atoms with van der Waals surface area (Å²) in [6, 6.07) is 11.2. The highest BCUT2D eigenvalue weighted by Gasteiger charge is 2.18. The number of carbonyl (C=O) groups excluding carboxylic acids is 1. The van der Waals surface area contributed by atoms with Gasteiger partial charge in [0.25, 0.3) is 5.91 Å². The van der Waals surface area contributed by atoms with E-state index in [4.69, 9.17) is 21.1 Å². The molecule has 0 unspecified atom stereocenters. The topological polar surface area (TPSA) is 74.6 Å². The zero-order chi connectivity index (χ0) is 20.8. The molecule has 0 spiro atoms. The number of hydrogen-bond acceptors (Lipinski definition) is 5. The SMILES string of the molecule is COc1ccc(/C=C(/C#N)C(=O)Nc2cc(Cl)ccc2N2CCOCC2)cc1F. The van der Waals surface area contributed by atoms with Crippen LogP contribution in [0.25, 0.3) is 6.08 Å². The quantitative estimate of drug-likeness (QED) is 0.592. The van der Waals surface area contributed by atoms with Gasteiger partial charge in [-0.1, -0.05) is 17.7 Å². The smallest absolute Gasteiger partial charge is 0.266 e. The van der Waals surface area contributed by atoms with Crippen LogP contribution in [0.15, 0.2) is 42.0 Å². The number of nitriles is 1. The Morgan fingerprint density at radius 3 is 2.72 bits per heavy atom. The molecule has 0 radical (unpaired) electrons. The molecule has 2 aromatic rings. The molecular weight excluding hydrogens is 397 g/mol. The molecule has 1 fully saturated rings. The molecule has 1 aliphatic heterocycles. The van der Waals surface area contributed by atoms with Gasteiger partial charge in [0.15, 0.2) is 11.6 Å². The Kier molecular flexibility index (Phi) is 6.70. The molecule has 0 saturated carbocycles. The van der Waals surface area contributed by atoms with Gasteiger partial charge in [-0.2, -0.15) is 5.26 Å². The highest BCUT2D eigenvalue weighted by Crippen LogP contribution is 2.30. The van der Waals surface area contributed by atoms with Gasteiger partial charge >= 0.3 is 0 Å². The minimum atomic E-state index is -0.611. The first-order valence-corrected chi connectivity index (χ1v) is 9.28. The third-order valence-corrected chi connectivity index (χ3v) is 4.65. The van der Waals surface area contributed by atoms with Crippen molar-refractivity contribution in [3.05, 3.63) is 58.4 Å². The number of nitrogens with zero attached hydrogens (tertiary/aromatic N) is 2. The summed E-state index contributed by atoms with van der Waals surface area (Å²) in [7, 11) is 1.36. The predicted molar refractivity (Wildman–Crippen MR) is 110 cm³/mol. The molecule has 29 heavy (non-hydrogen) atoms. The third kappa shape index (κ3) is 5.05. The van der Waals surface area contributed by atoms with Crippen LogP contribution in [0.1, 0.15) is 5.56 Å². The van der Waals surface area contributed by atoms with E-state index in [1.54, 1.807) is 18.2 Å². The Morgan fingerprint density at radius 2 is 2.07 bits per heavy atom. The van der Waals surface area contributed by atoms with Gasteiger partial charge in [-0.05, 0) is 42.0 Å². The normalized spacial score (nSPS) is 14.3. The molecule has 1 saturated heterocycles. The molecule has 0 atom stereocenters. The second kappa shape index (κ2) is 9.41. The lowest BCUT2D eigenvalue weighted by atomic mass is 10.1. The van der Waals surface area contributed by atoms with Crippen LogP contribution in [-0.2, 0) is 9.53 Å². The van der Waals surface area contributed by atoms with E-state index in [0.717, 1.165) is 5.69 Å². The highest BCUT2D eigenvalue weighted by molar-refractivity contribution is 6.31. The fraction of sp³-hybridized carbons (Fsp3) is 0.238. The highest BCUT2D eigenvalue weighted by atomic mass is 35.5. The number of benzene rings is 2. The number of morpholine rings is 1. The lowest BCUT2D eigenvalue weighted by Gasteiger charge is -2.30. The molecule has 6 nitrogen and oxygen atoms in total. The van der Waals surface area contributed by atoms with Crippen LogP contribution in [0.2, 0.25) is 5.02 Å². The number of hydrogen-bond donors (Lipinski definition) is 1. The van der Waals surface area contributed by atoms with Crippen LogP contribution in [-0.4, -0.2) is 39.3 Å². The van der Waals surface area contributed by atoms with Gasteiger partial charge in [-0.25, -0.2) is 4.39 Å². The fourth-order valence-electron chi connectivity index (χ4n) is 2.97. The van der Waals surface area contributed by atoms with E-state index in [1.165, 1.54) is 25.3 Å². The summed E-state index contributed by atoms with van der Waals surface area (Å²) in [4.78, 5) is 14.8. The monoisotopic (exact) mass is 415 g/mol. The van der Waals surface area contributed by atoms with E-state index in [2.05, 4.69) is 10.2 Å². The lowest BCUT2D eigenvalue weighted by molar-refractivity contribution is -0.112. The molecule has 8 heteroatoms. The van der Waals surface area contributed by atoms with Crippen LogP contribution in [0.3, 0.4) is 0 Å². The molecule has 0 aliphatic carbocycles. The van der Waals surface area contributed by atoms with E-state index in [9.17, 15) is 14.4 Å². The second-order valence-corrected chi connectivity index (χ2v) is 6.72. The van der Waals surface area contributed by atoms with Crippen molar-refractivity contribution in [2.75, 3.05) is 43.6 Å². The number of nitrogens with one attached hydrogen (secondary N) is 1. The number of amides is 1. The Bertz CT molecular complexity index is 982. The summed E-state index contributed by atoms with van der Waals surface area (Å²) < 4.78 is 24.1. The predicted octanol–water partition coefficient (Wildman–Crippen LogP) is 3.87. The molecule has 0 aromatic heterocycles. The summed E-state index contributed by atoms with van der Waals surface area (Å²) >= 11 is 6.10. The van der Waals surface area contributed by atoms with E-state index in [0.29, 0.717) is 42.6 Å². The van der Waals surface area contributed by atoms with Gasteiger partial charge in [0.1, 0.15) is 11.6 Å². The molecule has 2 aromatic carbocycles. The van der Waals surface area contributed by atoms with E-state index < -0.39 is 11.7 Å². The average Bonchev–Trinajstić information content (AvgIpc) is 2.73. The van der Waals surface area contributed by atoms with Crippen molar-refractivity contribution < 1.29 is 18.7 Å². The Balaban J connectivity index is 1.85. The summed E-state index contributed by atoms with van der Waals surface area (Å²) in [5.41, 5.74) is 1.49. The van der Waals surface area contributed by atoms with Crippen molar-refractivity contribution in [3.8, 4) is 11.8 Å². The Labute approximate surface area is 173 Å². The van der Waals surface area contributed by atoms with Gasteiger partial charge in [-0.3, -0.25) is 4.79 Å². The van der Waals surface area contributed by atoms with Gasteiger partial charge < -0.3 is 19.7 Å². The van der Waals surface area contributed by atoms with Crippen molar-refractivity contribution in [2.24, 2.45) is 0 Å². The molecule has 1 heterocycles. The maximum absolute atomic E-state index is 13.9. The van der Waals surface area contributed by atoms with E-state index in [1.807, 2.05) is 12.1 Å². The van der Waals surface area contributed by atoms with Crippen molar-refractivity contribution in [3.63, 3.8) is 0 Å². The maximum atomic E-state index is 13.9. The molecule has 1 aliphatic rings. The average molecular weight is 416 g/mol. The van der Waals surface area contributed by atoms with Crippen molar-refractivity contribution in [1.82, 2.24) is 0 Å². The first-order valence-electron chi connectivity index (χ1n) is 8.90. The molecule has 0 bridgehead atoms. The van der Waals surface area contributed by atoms with Crippen LogP contribution in [0.4, 0.5) is 15.8 Å². The standard InChI is InChI=1S/C21H19ClFN3O3/c1-28-20-5-2-14(11-17(20)23)10-15(13-24)21(27)25-18-12-16(22)3-4-19(18)26-6-8-29-9-7-26/h2-5,10-12H,6-9H2,1H3,(H,25,27)/b15-10-. The Hall–Kier alpha value is -3.08. The number of rotatable bonds is 5.